The van der Waals surface area contributed by atoms with Crippen molar-refractivity contribution in [2.24, 2.45) is 5.92 Å². The summed E-state index contributed by atoms with van der Waals surface area (Å²) in [6.45, 7) is 1.37. The molecule has 0 spiro atoms. The number of likely N-dealkylation sites (N-methyl/N-ethyl adjacent to an activating group) is 1. The van der Waals surface area contributed by atoms with Gasteiger partial charge in [0, 0.05) is 18.1 Å². The number of rotatable bonds is 8. The standard InChI is InChI=1S/C21H21ClN2O6S/c1-2-23-12-19(25)24(21(23)28)11-16(20(26)27)13-31(29,30)18-9-5-15(6-10-18)14-3-7-17(22)8-4-14/h3-10,16H,2,11-13H2,1H3,(H,26,27). The molecule has 1 fully saturated rings. The van der Waals surface area contributed by atoms with E-state index in [4.69, 9.17) is 11.6 Å². The fourth-order valence-electron chi connectivity index (χ4n) is 3.30. The zero-order valence-electron chi connectivity index (χ0n) is 16.7. The smallest absolute Gasteiger partial charge is 0.327 e. The molecule has 164 valence electrons. The van der Waals surface area contributed by atoms with Crippen LogP contribution in [0.4, 0.5) is 4.79 Å². The molecular formula is C21H21ClN2O6S. The lowest BCUT2D eigenvalue weighted by Crippen LogP contribution is -2.41. The topological polar surface area (TPSA) is 112 Å². The molecule has 1 N–H and O–H groups in total. The van der Waals surface area contributed by atoms with Crippen LogP contribution in [0.25, 0.3) is 11.1 Å². The van der Waals surface area contributed by atoms with Gasteiger partial charge in [-0.05, 0) is 42.3 Å². The van der Waals surface area contributed by atoms with E-state index in [0.29, 0.717) is 11.6 Å². The number of carboxylic acid groups (broad SMARTS) is 1. The van der Waals surface area contributed by atoms with Crippen LogP contribution >= 0.6 is 11.6 Å². The van der Waals surface area contributed by atoms with Crippen molar-refractivity contribution in [2.75, 3.05) is 25.4 Å². The van der Waals surface area contributed by atoms with Gasteiger partial charge in [0.1, 0.15) is 6.54 Å². The zero-order valence-corrected chi connectivity index (χ0v) is 18.3. The van der Waals surface area contributed by atoms with E-state index < -0.39 is 46.0 Å². The van der Waals surface area contributed by atoms with Crippen molar-refractivity contribution in [3.8, 4) is 11.1 Å². The quantitative estimate of drug-likeness (QED) is 0.601. The third-order valence-electron chi connectivity index (χ3n) is 5.07. The summed E-state index contributed by atoms with van der Waals surface area (Å²) in [5, 5.41) is 10.1. The number of amides is 3. The Bertz CT molecular complexity index is 1100. The van der Waals surface area contributed by atoms with Crippen LogP contribution in [-0.4, -0.2) is 66.6 Å². The van der Waals surface area contributed by atoms with Crippen LogP contribution in [0, 0.1) is 5.92 Å². The van der Waals surface area contributed by atoms with Crippen LogP contribution in [-0.2, 0) is 19.4 Å². The molecule has 3 amide bonds. The summed E-state index contributed by atoms with van der Waals surface area (Å²) in [5.41, 5.74) is 1.63. The highest BCUT2D eigenvalue weighted by atomic mass is 35.5. The SMILES string of the molecule is CCN1CC(=O)N(CC(CS(=O)(=O)c2ccc(-c3ccc(Cl)cc3)cc2)C(=O)O)C1=O. The summed E-state index contributed by atoms with van der Waals surface area (Å²) < 4.78 is 25.6. The summed E-state index contributed by atoms with van der Waals surface area (Å²) in [6.07, 6.45) is 0. The molecule has 2 aromatic rings. The lowest BCUT2D eigenvalue weighted by atomic mass is 10.1. The van der Waals surface area contributed by atoms with Gasteiger partial charge in [0.05, 0.1) is 16.6 Å². The molecule has 0 radical (unpaired) electrons. The number of urea groups is 1. The van der Waals surface area contributed by atoms with Crippen molar-refractivity contribution in [1.29, 1.82) is 0 Å². The van der Waals surface area contributed by atoms with Crippen LogP contribution in [0.2, 0.25) is 5.02 Å². The van der Waals surface area contributed by atoms with Crippen molar-refractivity contribution in [1.82, 2.24) is 9.80 Å². The Balaban J connectivity index is 1.77. The molecule has 1 aliphatic rings. The Hall–Kier alpha value is -2.91. The maximum Gasteiger partial charge on any atom is 0.327 e. The first-order valence-electron chi connectivity index (χ1n) is 9.53. The molecule has 1 atom stereocenters. The second kappa shape index (κ2) is 9.07. The molecule has 0 saturated carbocycles. The second-order valence-corrected chi connectivity index (χ2v) is 9.62. The molecule has 0 aliphatic carbocycles. The van der Waals surface area contributed by atoms with E-state index in [1.165, 1.54) is 17.0 Å². The van der Waals surface area contributed by atoms with Crippen molar-refractivity contribution < 1.29 is 27.9 Å². The first-order chi connectivity index (χ1) is 14.6. The van der Waals surface area contributed by atoms with Crippen LogP contribution < -0.4 is 0 Å². The van der Waals surface area contributed by atoms with Gasteiger partial charge in [0.2, 0.25) is 5.91 Å². The van der Waals surface area contributed by atoms with Crippen molar-refractivity contribution in [3.05, 3.63) is 53.6 Å². The Kier molecular flexibility index (Phi) is 6.66. The summed E-state index contributed by atoms with van der Waals surface area (Å²) in [5.74, 6) is -4.10. The van der Waals surface area contributed by atoms with E-state index in [1.807, 2.05) is 0 Å². The number of imide groups is 1. The number of carboxylic acids is 1. The highest BCUT2D eigenvalue weighted by Gasteiger charge is 2.39. The number of aliphatic carboxylic acids is 1. The van der Waals surface area contributed by atoms with Gasteiger partial charge in [-0.1, -0.05) is 35.9 Å². The number of nitrogens with zero attached hydrogens (tertiary/aromatic N) is 2. The lowest BCUT2D eigenvalue weighted by molar-refractivity contribution is -0.141. The highest BCUT2D eigenvalue weighted by Crippen LogP contribution is 2.24. The summed E-state index contributed by atoms with van der Waals surface area (Å²) in [6, 6.07) is 12.5. The third kappa shape index (κ3) is 5.05. The van der Waals surface area contributed by atoms with Gasteiger partial charge < -0.3 is 10.0 Å². The number of benzene rings is 2. The molecule has 2 aromatic carbocycles. The van der Waals surface area contributed by atoms with Gasteiger partial charge in [-0.25, -0.2) is 13.2 Å². The first kappa shape index (κ1) is 22.8. The summed E-state index contributed by atoms with van der Waals surface area (Å²) in [7, 11) is -3.97. The fourth-order valence-corrected chi connectivity index (χ4v) is 4.95. The normalized spacial score (nSPS) is 15.4. The van der Waals surface area contributed by atoms with E-state index in [1.54, 1.807) is 43.3 Å². The van der Waals surface area contributed by atoms with E-state index in [2.05, 4.69) is 0 Å². The number of halogens is 1. The van der Waals surface area contributed by atoms with Crippen molar-refractivity contribution >= 4 is 39.3 Å². The molecule has 31 heavy (non-hydrogen) atoms. The number of hydrogen-bond acceptors (Lipinski definition) is 5. The fraction of sp³-hybridized carbons (Fsp3) is 0.286. The van der Waals surface area contributed by atoms with E-state index >= 15 is 0 Å². The molecule has 8 nitrogen and oxygen atoms in total. The average molecular weight is 465 g/mol. The largest absolute Gasteiger partial charge is 0.481 e. The minimum absolute atomic E-state index is 0.0364. The van der Waals surface area contributed by atoms with E-state index in [9.17, 15) is 27.9 Å². The predicted octanol–water partition coefficient (Wildman–Crippen LogP) is 2.77. The Morgan fingerprint density at radius 1 is 1.06 bits per heavy atom. The molecular weight excluding hydrogens is 444 g/mol. The van der Waals surface area contributed by atoms with Crippen LogP contribution in [0.5, 0.6) is 0 Å². The molecule has 1 unspecified atom stereocenters. The van der Waals surface area contributed by atoms with Crippen LogP contribution in [0.3, 0.4) is 0 Å². The van der Waals surface area contributed by atoms with Gasteiger partial charge >= 0.3 is 12.0 Å². The average Bonchev–Trinajstić information content (AvgIpc) is 3.01. The Morgan fingerprint density at radius 3 is 2.10 bits per heavy atom. The summed E-state index contributed by atoms with van der Waals surface area (Å²) >= 11 is 5.88. The molecule has 0 aromatic heterocycles. The molecule has 1 saturated heterocycles. The van der Waals surface area contributed by atoms with Gasteiger partial charge in [-0.15, -0.1) is 0 Å². The molecule has 1 heterocycles. The zero-order chi connectivity index (χ0) is 22.8. The monoisotopic (exact) mass is 464 g/mol. The number of carbonyl (C=O) groups is 3. The van der Waals surface area contributed by atoms with Crippen LogP contribution in [0.15, 0.2) is 53.4 Å². The van der Waals surface area contributed by atoms with Crippen molar-refractivity contribution in [2.45, 2.75) is 11.8 Å². The minimum Gasteiger partial charge on any atom is -0.481 e. The van der Waals surface area contributed by atoms with Crippen molar-refractivity contribution in [3.63, 3.8) is 0 Å². The molecule has 3 rings (SSSR count). The molecule has 0 bridgehead atoms. The molecule has 1 aliphatic heterocycles. The third-order valence-corrected chi connectivity index (χ3v) is 7.16. The molecule has 10 heteroatoms. The minimum atomic E-state index is -3.97. The number of hydrogen-bond donors (Lipinski definition) is 1. The van der Waals surface area contributed by atoms with Gasteiger partial charge in [0.25, 0.3) is 0 Å². The Morgan fingerprint density at radius 2 is 1.61 bits per heavy atom. The first-order valence-corrected chi connectivity index (χ1v) is 11.6. The van der Waals surface area contributed by atoms with Gasteiger partial charge in [-0.3, -0.25) is 14.5 Å². The van der Waals surface area contributed by atoms with Gasteiger partial charge in [0.15, 0.2) is 9.84 Å². The van der Waals surface area contributed by atoms with E-state index in [0.717, 1.165) is 16.0 Å². The van der Waals surface area contributed by atoms with Gasteiger partial charge in [-0.2, -0.15) is 0 Å². The number of carbonyl (C=O) groups excluding carboxylic acids is 2. The van der Waals surface area contributed by atoms with E-state index in [-0.39, 0.29) is 11.4 Å². The second-order valence-electron chi connectivity index (χ2n) is 7.15. The van der Waals surface area contributed by atoms with Crippen LogP contribution in [0.1, 0.15) is 6.92 Å². The summed E-state index contributed by atoms with van der Waals surface area (Å²) in [4.78, 5) is 38.0. The maximum absolute atomic E-state index is 12.8. The number of sulfone groups is 1. The Labute approximate surface area is 184 Å². The highest BCUT2D eigenvalue weighted by molar-refractivity contribution is 7.91. The maximum atomic E-state index is 12.8. The lowest BCUT2D eigenvalue weighted by Gasteiger charge is -2.20. The predicted molar refractivity (Wildman–Crippen MR) is 114 cm³/mol.